The molecule has 2 N–H and O–H groups in total. The number of aromatic nitrogens is 5. The molecule has 0 aliphatic carbocycles. The van der Waals surface area contributed by atoms with Gasteiger partial charge < -0.3 is 5.73 Å². The molecule has 0 saturated heterocycles. The van der Waals surface area contributed by atoms with Gasteiger partial charge in [0.15, 0.2) is 0 Å². The second-order valence-electron chi connectivity index (χ2n) is 5.03. The lowest BCUT2D eigenvalue weighted by molar-refractivity contribution is 0.912. The minimum absolute atomic E-state index is 0.298. The van der Waals surface area contributed by atoms with Crippen molar-refractivity contribution >= 4 is 5.52 Å². The molecule has 0 aliphatic rings. The predicted octanol–water partition coefficient (Wildman–Crippen LogP) is 2.31. The Hall–Kier alpha value is -3.12. The second kappa shape index (κ2) is 5.58. The molecule has 0 amide bonds. The minimum Gasteiger partial charge on any atom is -0.324 e. The van der Waals surface area contributed by atoms with Crippen molar-refractivity contribution in [2.45, 2.75) is 6.54 Å². The molecule has 0 aromatic carbocycles. The van der Waals surface area contributed by atoms with Crippen LogP contribution in [0, 0.1) is 0 Å². The SMILES string of the molecule is NCc1nccc(-c2c(-c3ccccn3)nn3ccccc23)n1. The van der Waals surface area contributed by atoms with E-state index in [4.69, 9.17) is 5.73 Å². The van der Waals surface area contributed by atoms with Crippen LogP contribution in [0.15, 0.2) is 61.1 Å². The van der Waals surface area contributed by atoms with Gasteiger partial charge in [-0.3, -0.25) is 4.98 Å². The van der Waals surface area contributed by atoms with Gasteiger partial charge in [-0.25, -0.2) is 14.5 Å². The van der Waals surface area contributed by atoms with Crippen LogP contribution in [0.3, 0.4) is 0 Å². The van der Waals surface area contributed by atoms with Crippen LogP contribution in [0.2, 0.25) is 0 Å². The molecule has 0 bridgehead atoms. The van der Waals surface area contributed by atoms with Crippen molar-refractivity contribution < 1.29 is 0 Å². The monoisotopic (exact) mass is 302 g/mol. The van der Waals surface area contributed by atoms with Crippen molar-refractivity contribution in [3.63, 3.8) is 0 Å². The largest absolute Gasteiger partial charge is 0.324 e. The van der Waals surface area contributed by atoms with Crippen LogP contribution in [0.5, 0.6) is 0 Å². The van der Waals surface area contributed by atoms with Gasteiger partial charge in [-0.05, 0) is 30.3 Å². The van der Waals surface area contributed by atoms with Gasteiger partial charge in [0, 0.05) is 18.6 Å². The standard InChI is InChI=1S/C17H14N6/c18-11-15-20-9-7-12(21-15)16-14-6-2-4-10-23(14)22-17(16)13-5-1-3-8-19-13/h1-10H,11,18H2. The van der Waals surface area contributed by atoms with Crippen LogP contribution in [-0.4, -0.2) is 24.6 Å². The lowest BCUT2D eigenvalue weighted by Crippen LogP contribution is -2.03. The zero-order chi connectivity index (χ0) is 15.6. The number of hydrogen-bond donors (Lipinski definition) is 1. The Morgan fingerprint density at radius 2 is 1.83 bits per heavy atom. The lowest BCUT2D eigenvalue weighted by atomic mass is 10.1. The first-order valence-corrected chi connectivity index (χ1v) is 7.28. The van der Waals surface area contributed by atoms with Crippen LogP contribution >= 0.6 is 0 Å². The average molecular weight is 302 g/mol. The maximum absolute atomic E-state index is 5.68. The van der Waals surface area contributed by atoms with Gasteiger partial charge in [0.1, 0.15) is 11.5 Å². The van der Waals surface area contributed by atoms with E-state index in [9.17, 15) is 0 Å². The summed E-state index contributed by atoms with van der Waals surface area (Å²) in [7, 11) is 0. The Kier molecular flexibility index (Phi) is 3.29. The lowest BCUT2D eigenvalue weighted by Gasteiger charge is -2.04. The van der Waals surface area contributed by atoms with Gasteiger partial charge in [0.05, 0.1) is 29.0 Å². The van der Waals surface area contributed by atoms with E-state index in [1.807, 2.05) is 53.2 Å². The van der Waals surface area contributed by atoms with E-state index in [1.165, 1.54) is 0 Å². The predicted molar refractivity (Wildman–Crippen MR) is 87.3 cm³/mol. The van der Waals surface area contributed by atoms with Crippen LogP contribution in [-0.2, 0) is 6.54 Å². The van der Waals surface area contributed by atoms with Crippen molar-refractivity contribution in [2.75, 3.05) is 0 Å². The van der Waals surface area contributed by atoms with E-state index in [0.717, 1.165) is 28.2 Å². The molecule has 23 heavy (non-hydrogen) atoms. The number of rotatable bonds is 3. The average Bonchev–Trinajstić information content (AvgIpc) is 3.02. The first-order chi connectivity index (χ1) is 11.4. The Balaban J connectivity index is 2.03. The second-order valence-corrected chi connectivity index (χ2v) is 5.03. The van der Waals surface area contributed by atoms with E-state index >= 15 is 0 Å². The Labute approximate surface area is 132 Å². The molecule has 6 heteroatoms. The van der Waals surface area contributed by atoms with Gasteiger partial charge in [-0.1, -0.05) is 12.1 Å². The summed E-state index contributed by atoms with van der Waals surface area (Å²) in [5.41, 5.74) is 9.96. The maximum atomic E-state index is 5.68. The molecular formula is C17H14N6. The maximum Gasteiger partial charge on any atom is 0.142 e. The van der Waals surface area contributed by atoms with Crippen molar-refractivity contribution in [1.82, 2.24) is 24.6 Å². The fourth-order valence-corrected chi connectivity index (χ4v) is 2.57. The summed E-state index contributed by atoms with van der Waals surface area (Å²) < 4.78 is 1.84. The van der Waals surface area contributed by atoms with Crippen molar-refractivity contribution in [1.29, 1.82) is 0 Å². The fraction of sp³-hybridized carbons (Fsp3) is 0.0588. The van der Waals surface area contributed by atoms with E-state index in [0.29, 0.717) is 12.4 Å². The summed E-state index contributed by atoms with van der Waals surface area (Å²) in [5.74, 6) is 0.602. The normalized spacial score (nSPS) is 11.0. The summed E-state index contributed by atoms with van der Waals surface area (Å²) in [6.07, 6.45) is 5.39. The number of nitrogens with zero attached hydrogens (tertiary/aromatic N) is 5. The molecule has 0 atom stereocenters. The molecule has 4 aromatic rings. The van der Waals surface area contributed by atoms with Gasteiger partial charge in [-0.2, -0.15) is 5.10 Å². The van der Waals surface area contributed by atoms with Crippen LogP contribution in [0.1, 0.15) is 5.82 Å². The first-order valence-electron chi connectivity index (χ1n) is 7.28. The third kappa shape index (κ3) is 2.35. The molecule has 4 rings (SSSR count). The fourth-order valence-electron chi connectivity index (χ4n) is 2.57. The van der Waals surface area contributed by atoms with Crippen molar-refractivity contribution in [3.8, 4) is 22.6 Å². The highest BCUT2D eigenvalue weighted by molar-refractivity contribution is 5.89. The highest BCUT2D eigenvalue weighted by Gasteiger charge is 2.18. The molecule has 4 aromatic heterocycles. The Bertz CT molecular complexity index is 961. The third-order valence-corrected chi connectivity index (χ3v) is 3.59. The summed E-state index contributed by atoms with van der Waals surface area (Å²) in [4.78, 5) is 13.2. The molecule has 0 radical (unpaired) electrons. The molecule has 0 spiro atoms. The van der Waals surface area contributed by atoms with Gasteiger partial charge in [0.25, 0.3) is 0 Å². The van der Waals surface area contributed by atoms with Gasteiger partial charge in [0.2, 0.25) is 0 Å². The van der Waals surface area contributed by atoms with Gasteiger partial charge >= 0.3 is 0 Å². The highest BCUT2D eigenvalue weighted by Crippen LogP contribution is 2.32. The van der Waals surface area contributed by atoms with Crippen molar-refractivity contribution in [3.05, 3.63) is 66.9 Å². The van der Waals surface area contributed by atoms with Crippen molar-refractivity contribution in [2.24, 2.45) is 5.73 Å². The zero-order valence-electron chi connectivity index (χ0n) is 12.3. The molecule has 0 unspecified atom stereocenters. The molecule has 0 aliphatic heterocycles. The van der Waals surface area contributed by atoms with E-state index in [-0.39, 0.29) is 0 Å². The molecule has 0 saturated carbocycles. The smallest absolute Gasteiger partial charge is 0.142 e. The molecule has 112 valence electrons. The van der Waals surface area contributed by atoms with Crippen LogP contribution < -0.4 is 5.73 Å². The minimum atomic E-state index is 0.298. The van der Waals surface area contributed by atoms with Crippen LogP contribution in [0.25, 0.3) is 28.2 Å². The quantitative estimate of drug-likeness (QED) is 0.628. The van der Waals surface area contributed by atoms with Gasteiger partial charge in [-0.15, -0.1) is 0 Å². The molecule has 0 fully saturated rings. The number of hydrogen-bond acceptors (Lipinski definition) is 5. The summed E-state index contributed by atoms with van der Waals surface area (Å²) in [5, 5.41) is 4.68. The summed E-state index contributed by atoms with van der Waals surface area (Å²) in [6, 6.07) is 13.6. The number of fused-ring (bicyclic) bond motifs is 1. The summed E-state index contributed by atoms with van der Waals surface area (Å²) >= 11 is 0. The number of pyridine rings is 2. The Morgan fingerprint density at radius 1 is 0.913 bits per heavy atom. The molecule has 6 nitrogen and oxygen atoms in total. The summed E-state index contributed by atoms with van der Waals surface area (Å²) in [6.45, 7) is 0.298. The van der Waals surface area contributed by atoms with E-state index in [1.54, 1.807) is 12.4 Å². The molecular weight excluding hydrogens is 288 g/mol. The topological polar surface area (TPSA) is 82.0 Å². The Morgan fingerprint density at radius 3 is 2.65 bits per heavy atom. The van der Waals surface area contributed by atoms with Crippen LogP contribution in [0.4, 0.5) is 0 Å². The highest BCUT2D eigenvalue weighted by atomic mass is 15.2. The third-order valence-electron chi connectivity index (χ3n) is 3.59. The molecule has 4 heterocycles. The first kappa shape index (κ1) is 13.5. The zero-order valence-corrected chi connectivity index (χ0v) is 12.3. The number of nitrogens with two attached hydrogens (primary N) is 1. The van der Waals surface area contributed by atoms with E-state index < -0.39 is 0 Å². The van der Waals surface area contributed by atoms with E-state index in [2.05, 4.69) is 20.1 Å².